The minimum Gasteiger partial charge on any atom is -0.376 e. The van der Waals surface area contributed by atoms with Crippen molar-refractivity contribution in [3.63, 3.8) is 0 Å². The Bertz CT molecular complexity index is 636. The zero-order valence-electron chi connectivity index (χ0n) is 10.2. The molecule has 1 aromatic heterocycles. The largest absolute Gasteiger partial charge is 0.376 e. The number of halogens is 1. The molecule has 1 fully saturated rings. The number of benzene rings is 1. The Balaban J connectivity index is 2.08. The molecule has 0 spiro atoms. The van der Waals surface area contributed by atoms with Crippen LogP contribution in [0.1, 0.15) is 19.3 Å². The number of methoxy groups -OCH3 is 1. The van der Waals surface area contributed by atoms with Crippen molar-refractivity contribution in [1.82, 2.24) is 9.55 Å². The van der Waals surface area contributed by atoms with Gasteiger partial charge in [-0.05, 0) is 49.7 Å². The monoisotopic (exact) mass is 282 g/mol. The van der Waals surface area contributed by atoms with E-state index in [0.29, 0.717) is 0 Å². The van der Waals surface area contributed by atoms with Gasteiger partial charge < -0.3 is 14.3 Å². The fourth-order valence-corrected chi connectivity index (χ4v) is 3.01. The van der Waals surface area contributed by atoms with Gasteiger partial charge in [-0.25, -0.2) is 0 Å². The third-order valence-electron chi connectivity index (χ3n) is 3.88. The van der Waals surface area contributed by atoms with Crippen LogP contribution in [0.15, 0.2) is 18.2 Å². The van der Waals surface area contributed by atoms with Gasteiger partial charge in [0.1, 0.15) is 0 Å². The summed E-state index contributed by atoms with van der Waals surface area (Å²) in [5, 5.41) is 0.727. The molecular formula is C13H15ClN2OS. The van der Waals surface area contributed by atoms with Crippen molar-refractivity contribution in [1.29, 1.82) is 0 Å². The molecule has 1 aromatic carbocycles. The van der Waals surface area contributed by atoms with E-state index in [1.54, 1.807) is 7.11 Å². The van der Waals surface area contributed by atoms with E-state index in [-0.39, 0.29) is 5.60 Å². The summed E-state index contributed by atoms with van der Waals surface area (Å²) in [6.07, 6.45) is 3.42. The van der Waals surface area contributed by atoms with Gasteiger partial charge in [-0.2, -0.15) is 0 Å². The number of H-pyrrole nitrogens is 1. The van der Waals surface area contributed by atoms with Gasteiger partial charge >= 0.3 is 0 Å². The molecule has 18 heavy (non-hydrogen) atoms. The maximum Gasteiger partial charge on any atom is 0.178 e. The second kappa shape index (κ2) is 4.37. The predicted octanol–water partition coefficient (Wildman–Crippen LogP) is 3.92. The summed E-state index contributed by atoms with van der Waals surface area (Å²) in [5.41, 5.74) is 2.03. The first kappa shape index (κ1) is 12.2. The van der Waals surface area contributed by atoms with E-state index >= 15 is 0 Å². The van der Waals surface area contributed by atoms with Crippen LogP contribution < -0.4 is 0 Å². The number of rotatable bonds is 3. The molecule has 1 N–H and O–H groups in total. The molecule has 1 heterocycles. The lowest BCUT2D eigenvalue weighted by Crippen LogP contribution is -2.43. The van der Waals surface area contributed by atoms with E-state index in [1.807, 2.05) is 18.2 Å². The lowest BCUT2D eigenvalue weighted by molar-refractivity contribution is -0.0830. The van der Waals surface area contributed by atoms with Crippen LogP contribution in [0.5, 0.6) is 0 Å². The third-order valence-corrected chi connectivity index (χ3v) is 4.44. The fraction of sp³-hybridized carbons (Fsp3) is 0.462. The van der Waals surface area contributed by atoms with E-state index in [9.17, 15) is 0 Å². The summed E-state index contributed by atoms with van der Waals surface area (Å²) in [6.45, 7) is 0.794. The van der Waals surface area contributed by atoms with Crippen LogP contribution in [0.4, 0.5) is 0 Å². The normalized spacial score (nSPS) is 17.9. The molecule has 3 rings (SSSR count). The summed E-state index contributed by atoms with van der Waals surface area (Å²) < 4.78 is 8.50. The number of imidazole rings is 1. The van der Waals surface area contributed by atoms with Crippen LogP contribution in [0.25, 0.3) is 11.0 Å². The molecule has 1 saturated carbocycles. The second-order valence-corrected chi connectivity index (χ2v) is 5.74. The maximum absolute atomic E-state index is 6.06. The number of nitrogens with one attached hydrogen (secondary N) is 1. The van der Waals surface area contributed by atoms with Gasteiger partial charge in [-0.15, -0.1) is 0 Å². The van der Waals surface area contributed by atoms with Crippen LogP contribution >= 0.6 is 23.8 Å². The number of ether oxygens (including phenoxy) is 1. The molecular weight excluding hydrogens is 268 g/mol. The van der Waals surface area contributed by atoms with Gasteiger partial charge in [0.15, 0.2) is 4.77 Å². The van der Waals surface area contributed by atoms with Crippen LogP contribution in [0.2, 0.25) is 5.02 Å². The minimum absolute atomic E-state index is 0.0460. The van der Waals surface area contributed by atoms with Crippen molar-refractivity contribution in [2.75, 3.05) is 7.11 Å². The van der Waals surface area contributed by atoms with Crippen LogP contribution in [0, 0.1) is 4.77 Å². The Hall–Kier alpha value is -0.840. The molecule has 0 unspecified atom stereocenters. The summed E-state index contributed by atoms with van der Waals surface area (Å²) in [7, 11) is 1.78. The lowest BCUT2D eigenvalue weighted by atomic mass is 9.80. The molecule has 0 radical (unpaired) electrons. The smallest absolute Gasteiger partial charge is 0.178 e. The summed E-state index contributed by atoms with van der Waals surface area (Å²) in [6, 6.07) is 5.78. The Morgan fingerprint density at radius 1 is 1.50 bits per heavy atom. The number of aromatic nitrogens is 2. The molecule has 1 aliphatic rings. The van der Waals surface area contributed by atoms with Crippen LogP contribution in [0.3, 0.4) is 0 Å². The van der Waals surface area contributed by atoms with Crippen LogP contribution in [-0.2, 0) is 11.3 Å². The highest BCUT2D eigenvalue weighted by molar-refractivity contribution is 7.71. The van der Waals surface area contributed by atoms with E-state index in [0.717, 1.165) is 40.2 Å². The molecule has 1 aliphatic carbocycles. The topological polar surface area (TPSA) is 29.9 Å². The van der Waals surface area contributed by atoms with Crippen molar-refractivity contribution in [2.45, 2.75) is 31.4 Å². The summed E-state index contributed by atoms with van der Waals surface area (Å²) >= 11 is 11.5. The van der Waals surface area contributed by atoms with Gasteiger partial charge in [0.25, 0.3) is 0 Å². The number of aromatic amines is 1. The highest BCUT2D eigenvalue weighted by Crippen LogP contribution is 2.37. The quantitative estimate of drug-likeness (QED) is 0.865. The number of fused-ring (bicyclic) bond motifs is 1. The Kier molecular flexibility index (Phi) is 2.96. The fourth-order valence-electron chi connectivity index (χ4n) is 2.57. The first-order chi connectivity index (χ1) is 8.63. The SMILES string of the molecule is COC1(Cn2c(=S)[nH]c3ccc(Cl)cc32)CCC1. The van der Waals surface area contributed by atoms with Gasteiger partial charge in [-0.3, -0.25) is 0 Å². The van der Waals surface area contributed by atoms with Gasteiger partial charge in [-0.1, -0.05) is 11.6 Å². The lowest BCUT2D eigenvalue weighted by Gasteiger charge is -2.40. The molecule has 0 bridgehead atoms. The van der Waals surface area contributed by atoms with E-state index < -0.39 is 0 Å². The Labute approximate surface area is 116 Å². The van der Waals surface area contributed by atoms with Crippen molar-refractivity contribution in [3.8, 4) is 0 Å². The zero-order chi connectivity index (χ0) is 12.8. The standard InChI is InChI=1S/C13H15ClN2OS/c1-17-13(5-2-6-13)8-16-11-7-9(14)3-4-10(11)15-12(16)18/h3-4,7H,2,5-6,8H2,1H3,(H,15,18). The van der Waals surface area contributed by atoms with Crippen molar-refractivity contribution in [3.05, 3.63) is 28.0 Å². The molecule has 5 heteroatoms. The molecule has 0 amide bonds. The molecule has 96 valence electrons. The first-order valence-corrected chi connectivity index (χ1v) is 6.85. The zero-order valence-corrected chi connectivity index (χ0v) is 11.8. The van der Waals surface area contributed by atoms with E-state index in [4.69, 9.17) is 28.6 Å². The van der Waals surface area contributed by atoms with Crippen LogP contribution in [-0.4, -0.2) is 22.3 Å². The Morgan fingerprint density at radius 2 is 2.28 bits per heavy atom. The van der Waals surface area contributed by atoms with Crippen molar-refractivity contribution < 1.29 is 4.74 Å². The summed E-state index contributed by atoms with van der Waals surface area (Å²) in [4.78, 5) is 3.21. The third kappa shape index (κ3) is 1.88. The number of nitrogens with zero attached hydrogens (tertiary/aromatic N) is 1. The van der Waals surface area contributed by atoms with Crippen molar-refractivity contribution >= 4 is 34.9 Å². The summed E-state index contributed by atoms with van der Waals surface area (Å²) in [5.74, 6) is 0. The number of hydrogen-bond donors (Lipinski definition) is 1. The average Bonchev–Trinajstić information content (AvgIpc) is 2.60. The predicted molar refractivity (Wildman–Crippen MR) is 75.7 cm³/mol. The Morgan fingerprint density at radius 3 is 2.89 bits per heavy atom. The van der Waals surface area contributed by atoms with Gasteiger partial charge in [0.2, 0.25) is 0 Å². The average molecular weight is 283 g/mol. The van der Waals surface area contributed by atoms with Crippen molar-refractivity contribution in [2.24, 2.45) is 0 Å². The highest BCUT2D eigenvalue weighted by atomic mass is 35.5. The van der Waals surface area contributed by atoms with Gasteiger partial charge in [0, 0.05) is 12.1 Å². The molecule has 0 aliphatic heterocycles. The molecule has 0 saturated heterocycles. The highest BCUT2D eigenvalue weighted by Gasteiger charge is 2.37. The molecule has 0 atom stereocenters. The molecule has 2 aromatic rings. The number of hydrogen-bond acceptors (Lipinski definition) is 2. The minimum atomic E-state index is -0.0460. The van der Waals surface area contributed by atoms with Gasteiger partial charge in [0.05, 0.1) is 23.2 Å². The molecule has 3 nitrogen and oxygen atoms in total. The second-order valence-electron chi connectivity index (χ2n) is 4.92. The van der Waals surface area contributed by atoms with E-state index in [1.165, 1.54) is 6.42 Å². The first-order valence-electron chi connectivity index (χ1n) is 6.07. The maximum atomic E-state index is 6.06. The van der Waals surface area contributed by atoms with E-state index in [2.05, 4.69) is 9.55 Å².